The number of pyridine rings is 1. The summed E-state index contributed by atoms with van der Waals surface area (Å²) in [6.45, 7) is 0. The van der Waals surface area contributed by atoms with Gasteiger partial charge in [-0.05, 0) is 54.5 Å². The van der Waals surface area contributed by atoms with E-state index in [1.54, 1.807) is 6.20 Å². The average Bonchev–Trinajstić information content (AvgIpc) is 3.35. The van der Waals surface area contributed by atoms with Crippen LogP contribution in [0.5, 0.6) is 0 Å². The molecule has 1 aliphatic carbocycles. The SMILES string of the molecule is Nc1c(C(=O)Nc2nccs2)sc2nc3c(c(-c4ccc(Cl)cc4)c12)CCCC3. The van der Waals surface area contributed by atoms with Crippen LogP contribution in [0.3, 0.4) is 0 Å². The molecule has 4 aromatic rings. The van der Waals surface area contributed by atoms with Crippen molar-refractivity contribution in [1.82, 2.24) is 9.97 Å². The number of carbonyl (C=O) groups is 1. The summed E-state index contributed by atoms with van der Waals surface area (Å²) in [6.07, 6.45) is 5.82. The number of carbonyl (C=O) groups excluding carboxylic acids is 1. The molecule has 29 heavy (non-hydrogen) atoms. The molecule has 3 N–H and O–H groups in total. The van der Waals surface area contributed by atoms with Crippen LogP contribution in [0.2, 0.25) is 5.02 Å². The van der Waals surface area contributed by atoms with E-state index in [0.29, 0.717) is 20.7 Å². The Morgan fingerprint density at radius 3 is 2.72 bits per heavy atom. The van der Waals surface area contributed by atoms with Crippen LogP contribution >= 0.6 is 34.3 Å². The Morgan fingerprint density at radius 2 is 1.97 bits per heavy atom. The molecule has 0 spiro atoms. The second-order valence-corrected chi connectivity index (χ2v) is 9.27. The number of thiazole rings is 1. The van der Waals surface area contributed by atoms with Crippen molar-refractivity contribution in [3.8, 4) is 11.1 Å². The molecule has 1 aromatic carbocycles. The second-order valence-electron chi connectivity index (χ2n) is 6.94. The highest BCUT2D eigenvalue weighted by atomic mass is 35.5. The van der Waals surface area contributed by atoms with E-state index < -0.39 is 0 Å². The fraction of sp³-hybridized carbons (Fsp3) is 0.190. The fourth-order valence-electron chi connectivity index (χ4n) is 3.85. The van der Waals surface area contributed by atoms with E-state index in [9.17, 15) is 4.79 Å². The Labute approximate surface area is 180 Å². The lowest BCUT2D eigenvalue weighted by molar-refractivity contribution is 0.103. The quantitative estimate of drug-likeness (QED) is 0.422. The van der Waals surface area contributed by atoms with E-state index in [-0.39, 0.29) is 5.91 Å². The lowest BCUT2D eigenvalue weighted by atomic mass is 9.87. The zero-order chi connectivity index (χ0) is 20.0. The molecule has 0 aliphatic heterocycles. The number of rotatable bonds is 3. The number of fused-ring (bicyclic) bond motifs is 2. The van der Waals surface area contributed by atoms with Gasteiger partial charge in [0.1, 0.15) is 9.71 Å². The van der Waals surface area contributed by atoms with Crippen LogP contribution < -0.4 is 11.1 Å². The van der Waals surface area contributed by atoms with Gasteiger partial charge in [0.05, 0.1) is 5.69 Å². The number of nitrogens with two attached hydrogens (primary N) is 1. The van der Waals surface area contributed by atoms with Crippen LogP contribution in [-0.4, -0.2) is 15.9 Å². The average molecular weight is 441 g/mol. The molecule has 5 nitrogen and oxygen atoms in total. The molecule has 1 amide bonds. The summed E-state index contributed by atoms with van der Waals surface area (Å²) >= 11 is 8.83. The Kier molecular flexibility index (Phi) is 4.73. The standard InChI is InChI=1S/C21H17ClN4OS2/c22-12-7-5-11(6-8-12)15-13-3-1-2-4-14(13)25-20-16(15)17(23)18(29-20)19(27)26-21-24-9-10-28-21/h5-10H,1-4,23H2,(H,24,26,27). The largest absolute Gasteiger partial charge is 0.397 e. The highest BCUT2D eigenvalue weighted by Gasteiger charge is 2.26. The Bertz CT molecular complexity index is 1220. The van der Waals surface area contributed by atoms with E-state index >= 15 is 0 Å². The molecule has 0 saturated heterocycles. The van der Waals surface area contributed by atoms with Crippen LogP contribution in [0.4, 0.5) is 10.8 Å². The summed E-state index contributed by atoms with van der Waals surface area (Å²) in [7, 11) is 0. The number of hydrogen-bond acceptors (Lipinski definition) is 6. The number of thiophene rings is 1. The number of nitrogens with zero attached hydrogens (tertiary/aromatic N) is 2. The first-order valence-electron chi connectivity index (χ1n) is 9.32. The molecule has 0 radical (unpaired) electrons. The summed E-state index contributed by atoms with van der Waals surface area (Å²) in [5, 5.41) is 6.75. The van der Waals surface area contributed by atoms with Gasteiger partial charge < -0.3 is 5.73 Å². The van der Waals surface area contributed by atoms with Gasteiger partial charge in [0.15, 0.2) is 5.13 Å². The minimum atomic E-state index is -0.250. The number of halogens is 1. The van der Waals surface area contributed by atoms with Gasteiger partial charge in [-0.15, -0.1) is 22.7 Å². The molecule has 0 bridgehead atoms. The fourth-order valence-corrected chi connectivity index (χ4v) is 5.52. The van der Waals surface area contributed by atoms with Crippen LogP contribution in [0.15, 0.2) is 35.8 Å². The molecular formula is C21H17ClN4OS2. The number of amides is 1. The molecule has 0 atom stereocenters. The molecule has 3 aromatic heterocycles. The van der Waals surface area contributed by atoms with Crippen LogP contribution in [0.1, 0.15) is 33.8 Å². The molecular weight excluding hydrogens is 424 g/mol. The molecule has 5 rings (SSSR count). The number of hydrogen-bond donors (Lipinski definition) is 2. The topological polar surface area (TPSA) is 80.9 Å². The summed E-state index contributed by atoms with van der Waals surface area (Å²) < 4.78 is 0. The molecule has 0 unspecified atom stereocenters. The zero-order valence-corrected chi connectivity index (χ0v) is 17.8. The van der Waals surface area contributed by atoms with E-state index in [0.717, 1.165) is 52.7 Å². The summed E-state index contributed by atoms with van der Waals surface area (Å²) in [6, 6.07) is 7.80. The first-order chi connectivity index (χ1) is 14.1. The Hall–Kier alpha value is -2.48. The molecule has 146 valence electrons. The van der Waals surface area contributed by atoms with Gasteiger partial charge in [-0.3, -0.25) is 10.1 Å². The number of anilines is 2. The Morgan fingerprint density at radius 1 is 1.17 bits per heavy atom. The van der Waals surface area contributed by atoms with Gasteiger partial charge >= 0.3 is 0 Å². The lowest BCUT2D eigenvalue weighted by Gasteiger charge is -2.20. The smallest absolute Gasteiger partial charge is 0.269 e. The monoisotopic (exact) mass is 440 g/mol. The van der Waals surface area contributed by atoms with Gasteiger partial charge in [0.2, 0.25) is 0 Å². The van der Waals surface area contributed by atoms with Crippen LogP contribution in [0, 0.1) is 0 Å². The molecule has 1 aliphatic rings. The van der Waals surface area contributed by atoms with Crippen molar-refractivity contribution in [3.05, 3.63) is 57.0 Å². The maximum Gasteiger partial charge on any atom is 0.269 e. The van der Waals surface area contributed by atoms with E-state index in [1.165, 1.54) is 28.2 Å². The molecule has 8 heteroatoms. The number of nitrogen functional groups attached to an aromatic ring is 1. The Balaban J connectivity index is 1.72. The predicted molar refractivity (Wildman–Crippen MR) is 121 cm³/mol. The molecule has 0 saturated carbocycles. The first-order valence-corrected chi connectivity index (χ1v) is 11.4. The number of nitrogens with one attached hydrogen (secondary N) is 1. The van der Waals surface area contributed by atoms with Crippen molar-refractivity contribution in [2.24, 2.45) is 0 Å². The maximum atomic E-state index is 12.9. The highest BCUT2D eigenvalue weighted by molar-refractivity contribution is 7.21. The lowest BCUT2D eigenvalue weighted by Crippen LogP contribution is -2.11. The van der Waals surface area contributed by atoms with Crippen molar-refractivity contribution in [2.75, 3.05) is 11.1 Å². The minimum Gasteiger partial charge on any atom is -0.397 e. The van der Waals surface area contributed by atoms with Gasteiger partial charge in [-0.2, -0.15) is 0 Å². The third-order valence-corrected chi connectivity index (χ3v) is 7.18. The van der Waals surface area contributed by atoms with Crippen molar-refractivity contribution in [1.29, 1.82) is 0 Å². The maximum absolute atomic E-state index is 12.9. The zero-order valence-electron chi connectivity index (χ0n) is 15.4. The number of benzene rings is 1. The third-order valence-electron chi connectivity index (χ3n) is 5.15. The number of aryl methyl sites for hydroxylation is 1. The number of aromatic nitrogens is 2. The van der Waals surface area contributed by atoms with E-state index in [1.807, 2.05) is 29.6 Å². The highest BCUT2D eigenvalue weighted by Crippen LogP contribution is 2.44. The van der Waals surface area contributed by atoms with E-state index in [4.69, 9.17) is 22.3 Å². The van der Waals surface area contributed by atoms with E-state index in [2.05, 4.69) is 10.3 Å². The summed E-state index contributed by atoms with van der Waals surface area (Å²) in [5.74, 6) is -0.250. The normalized spacial score (nSPS) is 13.4. The van der Waals surface area contributed by atoms with Crippen molar-refractivity contribution in [3.63, 3.8) is 0 Å². The van der Waals surface area contributed by atoms with Crippen molar-refractivity contribution < 1.29 is 4.79 Å². The van der Waals surface area contributed by atoms with Gasteiger partial charge in [0.25, 0.3) is 5.91 Å². The van der Waals surface area contributed by atoms with Gasteiger partial charge in [-0.25, -0.2) is 9.97 Å². The second kappa shape index (κ2) is 7.40. The van der Waals surface area contributed by atoms with Gasteiger partial charge in [0, 0.05) is 27.7 Å². The van der Waals surface area contributed by atoms with Crippen LogP contribution in [0.25, 0.3) is 21.3 Å². The van der Waals surface area contributed by atoms with Crippen molar-refractivity contribution >= 4 is 61.2 Å². The molecule has 3 heterocycles. The van der Waals surface area contributed by atoms with Crippen LogP contribution in [-0.2, 0) is 12.8 Å². The van der Waals surface area contributed by atoms with Crippen molar-refractivity contribution in [2.45, 2.75) is 25.7 Å². The third kappa shape index (κ3) is 3.29. The minimum absolute atomic E-state index is 0.250. The summed E-state index contributed by atoms with van der Waals surface area (Å²) in [5.41, 5.74) is 11.5. The predicted octanol–water partition coefficient (Wildman–Crippen LogP) is 5.79. The molecule has 0 fully saturated rings. The van der Waals surface area contributed by atoms with Gasteiger partial charge in [-0.1, -0.05) is 23.7 Å². The summed E-state index contributed by atoms with van der Waals surface area (Å²) in [4.78, 5) is 23.2. The first kappa shape index (κ1) is 18.5.